The molecule has 4 heteroatoms. The van der Waals surface area contributed by atoms with Crippen molar-refractivity contribution in [2.45, 2.75) is 34.6 Å². The summed E-state index contributed by atoms with van der Waals surface area (Å²) in [6.45, 7) is 11.9. The van der Waals surface area contributed by atoms with Crippen LogP contribution in [0.4, 0.5) is 11.8 Å². The van der Waals surface area contributed by atoms with Gasteiger partial charge in [0.15, 0.2) is 0 Å². The lowest BCUT2D eigenvalue weighted by Gasteiger charge is -2.25. The SMILES string of the molecule is Cc1cnc(N)nc1NCC(C(C)C)C(C)C. The Balaban J connectivity index is 2.68. The number of nitrogens with two attached hydrogens (primary N) is 1. The predicted octanol–water partition coefficient (Wildman–Crippen LogP) is 2.71. The van der Waals surface area contributed by atoms with E-state index in [1.807, 2.05) is 6.92 Å². The number of nitrogens with one attached hydrogen (secondary N) is 1. The Morgan fingerprint density at radius 1 is 1.24 bits per heavy atom. The van der Waals surface area contributed by atoms with Crippen molar-refractivity contribution >= 4 is 11.8 Å². The second kappa shape index (κ2) is 5.84. The number of nitrogens with zero attached hydrogens (tertiary/aromatic N) is 2. The molecule has 0 saturated carbocycles. The summed E-state index contributed by atoms with van der Waals surface area (Å²) in [4.78, 5) is 8.18. The molecule has 3 N–H and O–H groups in total. The van der Waals surface area contributed by atoms with Gasteiger partial charge in [0.1, 0.15) is 5.82 Å². The summed E-state index contributed by atoms with van der Waals surface area (Å²) in [7, 11) is 0. The maximum absolute atomic E-state index is 5.59. The number of hydrogen-bond donors (Lipinski definition) is 2. The standard InChI is InChI=1S/C13H24N4/c1-8(2)11(9(3)4)7-15-12-10(5)6-16-13(14)17-12/h6,8-9,11H,7H2,1-5H3,(H3,14,15,16,17). The van der Waals surface area contributed by atoms with Crippen LogP contribution in [0.1, 0.15) is 33.3 Å². The van der Waals surface area contributed by atoms with Gasteiger partial charge in [-0.3, -0.25) is 0 Å². The monoisotopic (exact) mass is 236 g/mol. The lowest BCUT2D eigenvalue weighted by atomic mass is 9.85. The van der Waals surface area contributed by atoms with E-state index >= 15 is 0 Å². The molecular weight excluding hydrogens is 212 g/mol. The van der Waals surface area contributed by atoms with Crippen molar-refractivity contribution in [3.8, 4) is 0 Å². The Morgan fingerprint density at radius 3 is 2.35 bits per heavy atom. The highest BCUT2D eigenvalue weighted by molar-refractivity contribution is 5.45. The summed E-state index contributed by atoms with van der Waals surface area (Å²) in [6, 6.07) is 0. The molecule has 1 rings (SSSR count). The quantitative estimate of drug-likeness (QED) is 0.825. The summed E-state index contributed by atoms with van der Waals surface area (Å²) in [6.07, 6.45) is 1.75. The number of aromatic nitrogens is 2. The molecule has 0 radical (unpaired) electrons. The molecule has 4 nitrogen and oxygen atoms in total. The lowest BCUT2D eigenvalue weighted by molar-refractivity contribution is 0.304. The molecule has 17 heavy (non-hydrogen) atoms. The van der Waals surface area contributed by atoms with Crippen molar-refractivity contribution < 1.29 is 0 Å². The second-order valence-electron chi connectivity index (χ2n) is 5.29. The highest BCUT2D eigenvalue weighted by atomic mass is 15.1. The first-order valence-electron chi connectivity index (χ1n) is 6.24. The van der Waals surface area contributed by atoms with Gasteiger partial charge in [0.2, 0.25) is 5.95 Å². The van der Waals surface area contributed by atoms with Crippen molar-refractivity contribution in [2.75, 3.05) is 17.6 Å². The van der Waals surface area contributed by atoms with Crippen LogP contribution in [0.3, 0.4) is 0 Å². The minimum absolute atomic E-state index is 0.323. The molecule has 1 aromatic heterocycles. The molecule has 0 atom stereocenters. The average molecular weight is 236 g/mol. The normalized spacial score (nSPS) is 11.5. The first kappa shape index (κ1) is 13.7. The van der Waals surface area contributed by atoms with Crippen LogP contribution >= 0.6 is 0 Å². The molecular formula is C13H24N4. The molecule has 0 saturated heterocycles. The molecule has 0 aromatic carbocycles. The van der Waals surface area contributed by atoms with Crippen LogP contribution in [0.5, 0.6) is 0 Å². The van der Waals surface area contributed by atoms with Crippen LogP contribution in [-0.4, -0.2) is 16.5 Å². The Morgan fingerprint density at radius 2 is 1.82 bits per heavy atom. The number of aryl methyl sites for hydroxylation is 1. The van der Waals surface area contributed by atoms with Crippen LogP contribution in [0.25, 0.3) is 0 Å². The smallest absolute Gasteiger partial charge is 0.221 e. The summed E-state index contributed by atoms with van der Waals surface area (Å²) < 4.78 is 0. The molecule has 0 bridgehead atoms. The Kier molecular flexibility index (Phi) is 4.73. The molecule has 0 aliphatic rings. The van der Waals surface area contributed by atoms with Crippen molar-refractivity contribution in [1.82, 2.24) is 9.97 Å². The highest BCUT2D eigenvalue weighted by Crippen LogP contribution is 2.21. The molecule has 0 amide bonds. The molecule has 0 unspecified atom stereocenters. The molecule has 0 spiro atoms. The predicted molar refractivity (Wildman–Crippen MR) is 72.8 cm³/mol. The summed E-state index contributed by atoms with van der Waals surface area (Å²) >= 11 is 0. The Labute approximate surface area is 104 Å². The topological polar surface area (TPSA) is 63.8 Å². The molecule has 0 aliphatic heterocycles. The van der Waals surface area contributed by atoms with Gasteiger partial charge in [0.05, 0.1) is 0 Å². The Hall–Kier alpha value is -1.32. The van der Waals surface area contributed by atoms with E-state index in [0.29, 0.717) is 23.7 Å². The average Bonchev–Trinajstić information content (AvgIpc) is 2.22. The van der Waals surface area contributed by atoms with Gasteiger partial charge >= 0.3 is 0 Å². The fourth-order valence-electron chi connectivity index (χ4n) is 2.09. The van der Waals surface area contributed by atoms with Crippen molar-refractivity contribution in [3.63, 3.8) is 0 Å². The van der Waals surface area contributed by atoms with Crippen molar-refractivity contribution in [1.29, 1.82) is 0 Å². The first-order chi connectivity index (χ1) is 7.91. The van der Waals surface area contributed by atoms with Gasteiger partial charge < -0.3 is 11.1 Å². The maximum atomic E-state index is 5.59. The van der Waals surface area contributed by atoms with Crippen LogP contribution in [0.2, 0.25) is 0 Å². The van der Waals surface area contributed by atoms with Crippen LogP contribution in [0.15, 0.2) is 6.20 Å². The zero-order chi connectivity index (χ0) is 13.0. The minimum atomic E-state index is 0.323. The van der Waals surface area contributed by atoms with Gasteiger partial charge in [0.25, 0.3) is 0 Å². The number of anilines is 2. The second-order valence-corrected chi connectivity index (χ2v) is 5.29. The summed E-state index contributed by atoms with van der Waals surface area (Å²) in [5.41, 5.74) is 6.62. The van der Waals surface area contributed by atoms with Gasteiger partial charge in [-0.25, -0.2) is 4.98 Å². The van der Waals surface area contributed by atoms with Crippen LogP contribution in [0, 0.1) is 24.7 Å². The molecule has 1 aromatic rings. The molecule has 0 aliphatic carbocycles. The third kappa shape index (κ3) is 3.88. The fourth-order valence-corrected chi connectivity index (χ4v) is 2.09. The zero-order valence-corrected chi connectivity index (χ0v) is 11.5. The molecule has 0 fully saturated rings. The van der Waals surface area contributed by atoms with Crippen molar-refractivity contribution in [3.05, 3.63) is 11.8 Å². The van der Waals surface area contributed by atoms with E-state index in [-0.39, 0.29) is 0 Å². The third-order valence-corrected chi connectivity index (χ3v) is 3.21. The van der Waals surface area contributed by atoms with Gasteiger partial charge in [-0.15, -0.1) is 0 Å². The largest absolute Gasteiger partial charge is 0.369 e. The van der Waals surface area contributed by atoms with E-state index in [9.17, 15) is 0 Å². The summed E-state index contributed by atoms with van der Waals surface area (Å²) in [5.74, 6) is 3.11. The third-order valence-electron chi connectivity index (χ3n) is 3.21. The van der Waals surface area contributed by atoms with Gasteiger partial charge in [-0.2, -0.15) is 4.98 Å². The van der Waals surface area contributed by atoms with Gasteiger partial charge in [0, 0.05) is 18.3 Å². The van der Waals surface area contributed by atoms with E-state index in [1.54, 1.807) is 6.20 Å². The van der Waals surface area contributed by atoms with Gasteiger partial charge in [-0.1, -0.05) is 27.7 Å². The number of hydrogen-bond acceptors (Lipinski definition) is 4. The summed E-state index contributed by atoms with van der Waals surface area (Å²) in [5, 5.41) is 3.39. The van der Waals surface area contributed by atoms with Crippen LogP contribution < -0.4 is 11.1 Å². The lowest BCUT2D eigenvalue weighted by Crippen LogP contribution is -2.25. The zero-order valence-electron chi connectivity index (χ0n) is 11.5. The van der Waals surface area contributed by atoms with Crippen molar-refractivity contribution in [2.24, 2.45) is 17.8 Å². The van der Waals surface area contributed by atoms with E-state index in [0.717, 1.165) is 17.9 Å². The molecule has 96 valence electrons. The van der Waals surface area contributed by atoms with E-state index in [4.69, 9.17) is 5.73 Å². The van der Waals surface area contributed by atoms with Gasteiger partial charge in [-0.05, 0) is 24.7 Å². The van der Waals surface area contributed by atoms with E-state index in [1.165, 1.54) is 0 Å². The maximum Gasteiger partial charge on any atom is 0.221 e. The first-order valence-corrected chi connectivity index (χ1v) is 6.24. The minimum Gasteiger partial charge on any atom is -0.369 e. The fraction of sp³-hybridized carbons (Fsp3) is 0.692. The molecule has 1 heterocycles. The number of rotatable bonds is 5. The Bertz CT molecular complexity index is 352. The van der Waals surface area contributed by atoms with E-state index < -0.39 is 0 Å². The number of nitrogen functional groups attached to an aromatic ring is 1. The van der Waals surface area contributed by atoms with Crippen LogP contribution in [-0.2, 0) is 0 Å². The van der Waals surface area contributed by atoms with E-state index in [2.05, 4.69) is 43.0 Å². The highest BCUT2D eigenvalue weighted by Gasteiger charge is 2.17.